The highest BCUT2D eigenvalue weighted by Gasteiger charge is 2.20. The number of nitrogens with one attached hydrogen (secondary N) is 1. The monoisotopic (exact) mass is 277 g/mol. The van der Waals surface area contributed by atoms with E-state index in [2.05, 4.69) is 46.1 Å². The Labute approximate surface area is 122 Å². The number of anilines is 1. The van der Waals surface area contributed by atoms with Gasteiger partial charge in [0.05, 0.1) is 18.1 Å². The van der Waals surface area contributed by atoms with Crippen LogP contribution in [-0.4, -0.2) is 59.5 Å². The van der Waals surface area contributed by atoms with Crippen LogP contribution in [-0.2, 0) is 6.54 Å². The van der Waals surface area contributed by atoms with E-state index < -0.39 is 0 Å². The standard InChI is InChI=1S/C15H27N5/c1-4-7-16-15-11-17-13(10-18-15)12-20-8-5-14(6-9-20)19(2)3/h10-11,14H,4-9,12H2,1-3H3,(H,16,18). The first-order chi connectivity index (χ1) is 9.69. The molecule has 1 aliphatic rings. The van der Waals surface area contributed by atoms with Crippen molar-refractivity contribution in [3.8, 4) is 0 Å². The molecule has 5 heteroatoms. The molecule has 1 saturated heterocycles. The highest BCUT2D eigenvalue weighted by atomic mass is 15.2. The van der Waals surface area contributed by atoms with E-state index in [1.807, 2.05) is 12.4 Å². The summed E-state index contributed by atoms with van der Waals surface area (Å²) in [6.45, 7) is 6.32. The zero-order valence-electron chi connectivity index (χ0n) is 13.0. The van der Waals surface area contributed by atoms with Gasteiger partial charge in [-0.2, -0.15) is 0 Å². The molecule has 112 valence electrons. The summed E-state index contributed by atoms with van der Waals surface area (Å²) in [5.74, 6) is 0.877. The topological polar surface area (TPSA) is 44.3 Å². The molecule has 0 amide bonds. The van der Waals surface area contributed by atoms with Crippen LogP contribution >= 0.6 is 0 Å². The molecule has 20 heavy (non-hydrogen) atoms. The van der Waals surface area contributed by atoms with Gasteiger partial charge in [0, 0.05) is 32.2 Å². The van der Waals surface area contributed by atoms with Crippen LogP contribution in [0.3, 0.4) is 0 Å². The largest absolute Gasteiger partial charge is 0.369 e. The van der Waals surface area contributed by atoms with Gasteiger partial charge in [-0.05, 0) is 33.4 Å². The summed E-state index contributed by atoms with van der Waals surface area (Å²) >= 11 is 0. The van der Waals surface area contributed by atoms with Crippen molar-refractivity contribution in [2.75, 3.05) is 39.0 Å². The molecule has 0 unspecified atom stereocenters. The van der Waals surface area contributed by atoms with Crippen molar-refractivity contribution in [2.24, 2.45) is 0 Å². The van der Waals surface area contributed by atoms with Crippen LogP contribution in [0.2, 0.25) is 0 Å². The summed E-state index contributed by atoms with van der Waals surface area (Å²) in [6.07, 6.45) is 7.34. The first-order valence-electron chi connectivity index (χ1n) is 7.62. The predicted octanol–water partition coefficient (Wildman–Crippen LogP) is 1.82. The summed E-state index contributed by atoms with van der Waals surface area (Å²) < 4.78 is 0. The van der Waals surface area contributed by atoms with E-state index in [4.69, 9.17) is 0 Å². The van der Waals surface area contributed by atoms with E-state index in [9.17, 15) is 0 Å². The van der Waals surface area contributed by atoms with Gasteiger partial charge in [-0.15, -0.1) is 0 Å². The SMILES string of the molecule is CCCNc1cnc(CN2CCC(N(C)C)CC2)cn1. The van der Waals surface area contributed by atoms with Crippen LogP contribution in [0.15, 0.2) is 12.4 Å². The smallest absolute Gasteiger partial charge is 0.144 e. The molecule has 1 aromatic heterocycles. The summed E-state index contributed by atoms with van der Waals surface area (Å²) in [7, 11) is 4.35. The molecule has 1 aromatic rings. The molecule has 0 spiro atoms. The fourth-order valence-corrected chi connectivity index (χ4v) is 2.60. The quantitative estimate of drug-likeness (QED) is 0.859. The van der Waals surface area contributed by atoms with Crippen molar-refractivity contribution in [1.82, 2.24) is 19.8 Å². The van der Waals surface area contributed by atoms with E-state index >= 15 is 0 Å². The van der Waals surface area contributed by atoms with Gasteiger partial charge >= 0.3 is 0 Å². The number of nitrogens with zero attached hydrogens (tertiary/aromatic N) is 4. The third kappa shape index (κ3) is 4.42. The average Bonchev–Trinajstić information content (AvgIpc) is 2.47. The molecule has 0 bridgehead atoms. The Bertz CT molecular complexity index is 382. The molecule has 0 aromatic carbocycles. The van der Waals surface area contributed by atoms with Crippen LogP contribution in [0.1, 0.15) is 31.9 Å². The van der Waals surface area contributed by atoms with E-state index in [0.717, 1.165) is 50.2 Å². The Morgan fingerprint density at radius 2 is 2.00 bits per heavy atom. The van der Waals surface area contributed by atoms with E-state index in [0.29, 0.717) is 0 Å². The Hall–Kier alpha value is -1.20. The summed E-state index contributed by atoms with van der Waals surface area (Å²) in [5, 5.41) is 3.25. The minimum Gasteiger partial charge on any atom is -0.369 e. The third-order valence-electron chi connectivity index (χ3n) is 3.93. The van der Waals surface area contributed by atoms with Crippen molar-refractivity contribution in [2.45, 2.75) is 38.8 Å². The zero-order chi connectivity index (χ0) is 14.4. The minimum absolute atomic E-state index is 0.734. The normalized spacial score (nSPS) is 17.6. The first-order valence-corrected chi connectivity index (χ1v) is 7.62. The van der Waals surface area contributed by atoms with Gasteiger partial charge in [0.1, 0.15) is 5.82 Å². The molecular weight excluding hydrogens is 250 g/mol. The lowest BCUT2D eigenvalue weighted by atomic mass is 10.0. The van der Waals surface area contributed by atoms with Gasteiger partial charge in [0.15, 0.2) is 0 Å². The van der Waals surface area contributed by atoms with E-state index in [1.54, 1.807) is 0 Å². The Morgan fingerprint density at radius 3 is 2.55 bits per heavy atom. The van der Waals surface area contributed by atoms with Crippen molar-refractivity contribution >= 4 is 5.82 Å². The number of aromatic nitrogens is 2. The lowest BCUT2D eigenvalue weighted by Gasteiger charge is -2.34. The maximum Gasteiger partial charge on any atom is 0.144 e. The summed E-state index contributed by atoms with van der Waals surface area (Å²) in [4.78, 5) is 13.7. The van der Waals surface area contributed by atoms with E-state index in [1.165, 1.54) is 12.8 Å². The Balaban J connectivity index is 1.79. The lowest BCUT2D eigenvalue weighted by Crippen LogP contribution is -2.41. The van der Waals surface area contributed by atoms with E-state index in [-0.39, 0.29) is 0 Å². The minimum atomic E-state index is 0.734. The molecule has 5 nitrogen and oxygen atoms in total. The van der Waals surface area contributed by atoms with Crippen LogP contribution in [0, 0.1) is 0 Å². The Kier molecular flexibility index (Phi) is 5.73. The van der Waals surface area contributed by atoms with Gasteiger partial charge in [0.2, 0.25) is 0 Å². The highest BCUT2D eigenvalue weighted by Crippen LogP contribution is 2.16. The molecule has 0 saturated carbocycles. The second kappa shape index (κ2) is 7.55. The maximum absolute atomic E-state index is 4.50. The summed E-state index contributed by atoms with van der Waals surface area (Å²) in [6, 6.07) is 0.734. The average molecular weight is 277 g/mol. The molecule has 2 rings (SSSR count). The van der Waals surface area contributed by atoms with Gasteiger partial charge in [-0.1, -0.05) is 6.92 Å². The number of likely N-dealkylation sites (tertiary alicyclic amines) is 1. The summed E-state index contributed by atoms with van der Waals surface area (Å²) in [5.41, 5.74) is 1.07. The Morgan fingerprint density at radius 1 is 1.25 bits per heavy atom. The van der Waals surface area contributed by atoms with Crippen molar-refractivity contribution < 1.29 is 0 Å². The molecule has 0 radical (unpaired) electrons. The van der Waals surface area contributed by atoms with Gasteiger partial charge in [-0.3, -0.25) is 9.88 Å². The number of hydrogen-bond acceptors (Lipinski definition) is 5. The first kappa shape index (κ1) is 15.2. The van der Waals surface area contributed by atoms with Crippen LogP contribution < -0.4 is 5.32 Å². The number of piperidine rings is 1. The zero-order valence-corrected chi connectivity index (χ0v) is 13.0. The second-order valence-electron chi connectivity index (χ2n) is 5.79. The lowest BCUT2D eigenvalue weighted by molar-refractivity contribution is 0.139. The molecule has 1 fully saturated rings. The second-order valence-corrected chi connectivity index (χ2v) is 5.79. The molecular formula is C15H27N5. The molecule has 1 aliphatic heterocycles. The van der Waals surface area contributed by atoms with Gasteiger partial charge in [-0.25, -0.2) is 4.98 Å². The molecule has 0 aliphatic carbocycles. The van der Waals surface area contributed by atoms with Crippen molar-refractivity contribution in [3.05, 3.63) is 18.1 Å². The van der Waals surface area contributed by atoms with Gasteiger partial charge in [0.25, 0.3) is 0 Å². The molecule has 0 atom stereocenters. The van der Waals surface area contributed by atoms with Crippen molar-refractivity contribution in [1.29, 1.82) is 0 Å². The predicted molar refractivity (Wildman–Crippen MR) is 82.8 cm³/mol. The fourth-order valence-electron chi connectivity index (χ4n) is 2.60. The molecule has 2 heterocycles. The number of hydrogen-bond donors (Lipinski definition) is 1. The highest BCUT2D eigenvalue weighted by molar-refractivity contribution is 5.30. The van der Waals surface area contributed by atoms with Gasteiger partial charge < -0.3 is 10.2 Å². The van der Waals surface area contributed by atoms with Crippen molar-refractivity contribution in [3.63, 3.8) is 0 Å². The number of rotatable bonds is 6. The molecule has 1 N–H and O–H groups in total. The van der Waals surface area contributed by atoms with Crippen LogP contribution in [0.4, 0.5) is 5.82 Å². The van der Waals surface area contributed by atoms with Crippen LogP contribution in [0.25, 0.3) is 0 Å². The third-order valence-corrected chi connectivity index (χ3v) is 3.93. The fraction of sp³-hybridized carbons (Fsp3) is 0.733. The van der Waals surface area contributed by atoms with Crippen LogP contribution in [0.5, 0.6) is 0 Å². The maximum atomic E-state index is 4.50.